The summed E-state index contributed by atoms with van der Waals surface area (Å²) in [6, 6.07) is 9.58. The summed E-state index contributed by atoms with van der Waals surface area (Å²) in [7, 11) is 0. The molecule has 2 aromatic rings. The Morgan fingerprint density at radius 1 is 1.35 bits per heavy atom. The van der Waals surface area contributed by atoms with Gasteiger partial charge in [0, 0.05) is 23.0 Å². The van der Waals surface area contributed by atoms with E-state index in [2.05, 4.69) is 40.1 Å². The number of aryl methyl sites for hydroxylation is 1. The number of benzene rings is 1. The number of halogens is 1. The van der Waals surface area contributed by atoms with Crippen molar-refractivity contribution in [1.29, 1.82) is 0 Å². The van der Waals surface area contributed by atoms with Gasteiger partial charge in [0.25, 0.3) is 5.91 Å². The molecule has 0 bridgehead atoms. The molecule has 0 aliphatic carbocycles. The van der Waals surface area contributed by atoms with Crippen molar-refractivity contribution in [3.05, 3.63) is 41.6 Å². The third kappa shape index (κ3) is 3.37. The normalized spacial score (nSPS) is 11.6. The Bertz CT molecular complexity index is 637. The Labute approximate surface area is 127 Å². The van der Waals surface area contributed by atoms with Crippen molar-refractivity contribution in [3.8, 4) is 0 Å². The zero-order chi connectivity index (χ0) is 14.8. The first-order valence-corrected chi connectivity index (χ1v) is 7.76. The van der Waals surface area contributed by atoms with Crippen LogP contribution in [0.2, 0.25) is 0 Å². The Balaban J connectivity index is 2.30. The van der Waals surface area contributed by atoms with E-state index in [1.54, 1.807) is 0 Å². The minimum atomic E-state index is -0.0410. The summed E-state index contributed by atoms with van der Waals surface area (Å²) >= 11 is 3.47. The predicted molar refractivity (Wildman–Crippen MR) is 86.4 cm³/mol. The van der Waals surface area contributed by atoms with Gasteiger partial charge in [-0.3, -0.25) is 9.78 Å². The molecule has 2 rings (SSSR count). The molecule has 0 saturated heterocycles. The van der Waals surface area contributed by atoms with Crippen LogP contribution < -0.4 is 5.32 Å². The summed E-state index contributed by atoms with van der Waals surface area (Å²) in [6.07, 6.45) is 0. The van der Waals surface area contributed by atoms with Crippen molar-refractivity contribution in [1.82, 2.24) is 10.3 Å². The molecule has 1 N–H and O–H groups in total. The van der Waals surface area contributed by atoms with E-state index < -0.39 is 0 Å². The lowest BCUT2D eigenvalue weighted by Gasteiger charge is -2.22. The molecule has 0 aliphatic rings. The second-order valence-corrected chi connectivity index (χ2v) is 6.37. The smallest absolute Gasteiger partial charge is 0.252 e. The van der Waals surface area contributed by atoms with Crippen molar-refractivity contribution in [3.63, 3.8) is 0 Å². The van der Waals surface area contributed by atoms with Crippen LogP contribution in [-0.2, 0) is 0 Å². The summed E-state index contributed by atoms with van der Waals surface area (Å²) in [5, 5.41) is 4.75. The van der Waals surface area contributed by atoms with E-state index >= 15 is 0 Å². The molecular formula is C16H19BrN2O. The average molecular weight is 335 g/mol. The van der Waals surface area contributed by atoms with Crippen LogP contribution >= 0.6 is 15.9 Å². The van der Waals surface area contributed by atoms with E-state index in [1.165, 1.54) is 0 Å². The Morgan fingerprint density at radius 3 is 2.75 bits per heavy atom. The van der Waals surface area contributed by atoms with Crippen molar-refractivity contribution < 1.29 is 4.79 Å². The standard InChI is InChI=1S/C16H19BrN2O/c1-11-8-13(12-6-4-5-7-14(12)19-11)15(20)18-10-16(2,3)9-17/h4-8H,9-10H2,1-3H3,(H,18,20). The molecule has 1 aromatic carbocycles. The highest BCUT2D eigenvalue weighted by Crippen LogP contribution is 2.20. The number of alkyl halides is 1. The highest BCUT2D eigenvalue weighted by molar-refractivity contribution is 9.09. The molecule has 1 amide bonds. The minimum Gasteiger partial charge on any atom is -0.351 e. The minimum absolute atomic E-state index is 0.0353. The van der Waals surface area contributed by atoms with Gasteiger partial charge in [0.2, 0.25) is 0 Å². The molecule has 0 unspecified atom stereocenters. The number of rotatable bonds is 4. The molecule has 0 fully saturated rings. The Hall–Kier alpha value is -1.42. The Kier molecular flexibility index (Phi) is 4.43. The van der Waals surface area contributed by atoms with Crippen LogP contribution in [-0.4, -0.2) is 22.8 Å². The number of amides is 1. The fourth-order valence-electron chi connectivity index (χ4n) is 1.96. The van der Waals surface area contributed by atoms with Crippen LogP contribution in [0.25, 0.3) is 10.9 Å². The number of hydrogen-bond donors (Lipinski definition) is 1. The maximum atomic E-state index is 12.4. The van der Waals surface area contributed by atoms with E-state index in [0.717, 1.165) is 21.9 Å². The highest BCUT2D eigenvalue weighted by Gasteiger charge is 2.18. The summed E-state index contributed by atoms with van der Waals surface area (Å²) in [6.45, 7) is 6.76. The van der Waals surface area contributed by atoms with E-state index in [9.17, 15) is 4.79 Å². The second-order valence-electron chi connectivity index (χ2n) is 5.81. The number of fused-ring (bicyclic) bond motifs is 1. The number of aromatic nitrogens is 1. The Morgan fingerprint density at radius 2 is 2.05 bits per heavy atom. The van der Waals surface area contributed by atoms with Gasteiger partial charge in [0.15, 0.2) is 0 Å². The topological polar surface area (TPSA) is 42.0 Å². The molecular weight excluding hydrogens is 316 g/mol. The van der Waals surface area contributed by atoms with Crippen LogP contribution in [0.5, 0.6) is 0 Å². The SMILES string of the molecule is Cc1cc(C(=O)NCC(C)(C)CBr)c2ccccc2n1. The van der Waals surface area contributed by atoms with Crippen molar-refractivity contribution in [2.75, 3.05) is 11.9 Å². The van der Waals surface area contributed by atoms with E-state index in [0.29, 0.717) is 12.1 Å². The maximum absolute atomic E-state index is 12.4. The number of carbonyl (C=O) groups excluding carboxylic acids is 1. The number of pyridine rings is 1. The van der Waals surface area contributed by atoms with E-state index in [4.69, 9.17) is 0 Å². The van der Waals surface area contributed by atoms with Gasteiger partial charge in [-0.15, -0.1) is 0 Å². The number of nitrogens with zero attached hydrogens (tertiary/aromatic N) is 1. The van der Waals surface area contributed by atoms with Gasteiger partial charge in [-0.25, -0.2) is 0 Å². The third-order valence-electron chi connectivity index (χ3n) is 3.18. The summed E-state index contributed by atoms with van der Waals surface area (Å²) in [4.78, 5) is 16.9. The molecule has 0 saturated carbocycles. The van der Waals surface area contributed by atoms with Crippen molar-refractivity contribution >= 4 is 32.7 Å². The summed E-state index contributed by atoms with van der Waals surface area (Å²) in [5.41, 5.74) is 2.44. The second kappa shape index (κ2) is 5.92. The lowest BCUT2D eigenvalue weighted by Crippen LogP contribution is -2.35. The van der Waals surface area contributed by atoms with Gasteiger partial charge in [-0.1, -0.05) is 48.0 Å². The first kappa shape index (κ1) is 15.0. The highest BCUT2D eigenvalue weighted by atomic mass is 79.9. The quantitative estimate of drug-likeness (QED) is 0.866. The molecule has 0 atom stereocenters. The lowest BCUT2D eigenvalue weighted by molar-refractivity contribution is 0.0941. The first-order valence-electron chi connectivity index (χ1n) is 6.63. The number of nitrogens with one attached hydrogen (secondary N) is 1. The van der Waals surface area contributed by atoms with Gasteiger partial charge < -0.3 is 5.32 Å². The largest absolute Gasteiger partial charge is 0.351 e. The van der Waals surface area contributed by atoms with Crippen LogP contribution in [0.1, 0.15) is 29.9 Å². The fraction of sp³-hybridized carbons (Fsp3) is 0.375. The van der Waals surface area contributed by atoms with Crippen LogP contribution in [0, 0.1) is 12.3 Å². The van der Waals surface area contributed by atoms with Gasteiger partial charge in [0.05, 0.1) is 11.1 Å². The van der Waals surface area contributed by atoms with Gasteiger partial charge in [-0.2, -0.15) is 0 Å². The van der Waals surface area contributed by atoms with Crippen LogP contribution in [0.3, 0.4) is 0 Å². The fourth-order valence-corrected chi connectivity index (χ4v) is 2.16. The molecule has 0 spiro atoms. The zero-order valence-corrected chi connectivity index (χ0v) is 13.6. The molecule has 0 radical (unpaired) electrons. The van der Waals surface area contributed by atoms with Crippen LogP contribution in [0.4, 0.5) is 0 Å². The van der Waals surface area contributed by atoms with Crippen LogP contribution in [0.15, 0.2) is 30.3 Å². The first-order chi connectivity index (χ1) is 9.43. The summed E-state index contributed by atoms with van der Waals surface area (Å²) < 4.78 is 0. The molecule has 20 heavy (non-hydrogen) atoms. The van der Waals surface area contributed by atoms with Crippen molar-refractivity contribution in [2.24, 2.45) is 5.41 Å². The lowest BCUT2D eigenvalue weighted by atomic mass is 9.96. The summed E-state index contributed by atoms with van der Waals surface area (Å²) in [5.74, 6) is -0.0410. The predicted octanol–water partition coefficient (Wildman–Crippen LogP) is 3.69. The molecule has 106 valence electrons. The maximum Gasteiger partial charge on any atom is 0.252 e. The number of carbonyl (C=O) groups is 1. The average Bonchev–Trinajstić information content (AvgIpc) is 2.44. The molecule has 3 nitrogen and oxygen atoms in total. The van der Waals surface area contributed by atoms with E-state index in [1.807, 2.05) is 37.3 Å². The van der Waals surface area contributed by atoms with Gasteiger partial charge in [0.1, 0.15) is 0 Å². The molecule has 1 heterocycles. The number of para-hydroxylation sites is 1. The molecule has 1 aromatic heterocycles. The van der Waals surface area contributed by atoms with Crippen molar-refractivity contribution in [2.45, 2.75) is 20.8 Å². The zero-order valence-electron chi connectivity index (χ0n) is 12.0. The molecule has 0 aliphatic heterocycles. The van der Waals surface area contributed by atoms with Gasteiger partial charge in [-0.05, 0) is 24.5 Å². The monoisotopic (exact) mass is 334 g/mol. The third-order valence-corrected chi connectivity index (χ3v) is 4.70. The van der Waals surface area contributed by atoms with E-state index in [-0.39, 0.29) is 11.3 Å². The van der Waals surface area contributed by atoms with Gasteiger partial charge >= 0.3 is 0 Å². The number of hydrogen-bond acceptors (Lipinski definition) is 2. The molecule has 4 heteroatoms.